The van der Waals surface area contributed by atoms with E-state index in [2.05, 4.69) is 20.8 Å². The van der Waals surface area contributed by atoms with E-state index in [9.17, 15) is 22.8 Å². The maximum atomic E-state index is 12.9. The molecule has 4 aromatic rings. The standard InChI is InChI=1S/C27H23F3N4O2/c28-27(29,30)20-9-4-8-18(11-20)26(36)31-21-12-19(13-21)23-15-24(34-33-23)32-25(35)14-17-7-3-6-16-5-1-2-10-22(16)17/h1-11,15,19,21H,12-14H2,(H,31,36)(H2,32,33,34,35). The number of benzene rings is 3. The molecule has 0 radical (unpaired) electrons. The molecule has 6 nitrogen and oxygen atoms in total. The highest BCUT2D eigenvalue weighted by Gasteiger charge is 2.34. The van der Waals surface area contributed by atoms with Gasteiger partial charge in [-0.15, -0.1) is 0 Å². The van der Waals surface area contributed by atoms with Gasteiger partial charge >= 0.3 is 6.18 Å². The van der Waals surface area contributed by atoms with Crippen molar-refractivity contribution in [1.82, 2.24) is 15.5 Å². The summed E-state index contributed by atoms with van der Waals surface area (Å²) in [6.07, 6.45) is -3.04. The zero-order valence-electron chi connectivity index (χ0n) is 19.1. The van der Waals surface area contributed by atoms with E-state index < -0.39 is 17.6 Å². The number of rotatable bonds is 6. The minimum Gasteiger partial charge on any atom is -0.349 e. The number of H-pyrrole nitrogens is 1. The highest BCUT2D eigenvalue weighted by molar-refractivity contribution is 5.96. The number of halogens is 3. The fourth-order valence-electron chi connectivity index (χ4n) is 4.51. The van der Waals surface area contributed by atoms with Gasteiger partial charge in [0.25, 0.3) is 5.91 Å². The SMILES string of the molecule is O=C(Cc1cccc2ccccc12)Nc1cc(C2CC(NC(=O)c3cccc(C(F)(F)F)c3)C2)[nH]n1. The van der Waals surface area contributed by atoms with Crippen molar-refractivity contribution < 1.29 is 22.8 Å². The lowest BCUT2D eigenvalue weighted by Gasteiger charge is -2.35. The molecule has 0 saturated heterocycles. The molecule has 0 bridgehead atoms. The van der Waals surface area contributed by atoms with E-state index >= 15 is 0 Å². The number of nitrogens with zero attached hydrogens (tertiary/aromatic N) is 1. The summed E-state index contributed by atoms with van der Waals surface area (Å²) in [4.78, 5) is 25.0. The van der Waals surface area contributed by atoms with Gasteiger partial charge < -0.3 is 10.6 Å². The maximum absolute atomic E-state index is 12.9. The first kappa shape index (κ1) is 23.6. The Balaban J connectivity index is 1.14. The number of aromatic nitrogens is 2. The highest BCUT2D eigenvalue weighted by Crippen LogP contribution is 2.37. The van der Waals surface area contributed by atoms with Crippen LogP contribution >= 0.6 is 0 Å². The zero-order chi connectivity index (χ0) is 25.3. The van der Waals surface area contributed by atoms with Crippen LogP contribution in [0.25, 0.3) is 10.8 Å². The Hall–Kier alpha value is -4.14. The Morgan fingerprint density at radius 2 is 1.72 bits per heavy atom. The first-order valence-electron chi connectivity index (χ1n) is 11.6. The summed E-state index contributed by atoms with van der Waals surface area (Å²) in [6, 6.07) is 19.8. The number of amides is 2. The highest BCUT2D eigenvalue weighted by atomic mass is 19.4. The summed E-state index contributed by atoms with van der Waals surface area (Å²) in [5, 5.41) is 14.8. The average Bonchev–Trinajstić information content (AvgIpc) is 3.28. The minimum absolute atomic E-state index is 0.0222. The summed E-state index contributed by atoms with van der Waals surface area (Å²) in [5.74, 6) is -0.181. The van der Waals surface area contributed by atoms with Crippen molar-refractivity contribution in [2.45, 2.75) is 37.4 Å². The van der Waals surface area contributed by atoms with E-state index in [4.69, 9.17) is 0 Å². The minimum atomic E-state index is -4.50. The van der Waals surface area contributed by atoms with Gasteiger partial charge in [-0.25, -0.2) is 0 Å². The summed E-state index contributed by atoms with van der Waals surface area (Å²) >= 11 is 0. The van der Waals surface area contributed by atoms with Crippen LogP contribution in [0.15, 0.2) is 72.8 Å². The van der Waals surface area contributed by atoms with Crippen LogP contribution in [0.4, 0.5) is 19.0 Å². The lowest BCUT2D eigenvalue weighted by molar-refractivity contribution is -0.137. The van der Waals surface area contributed by atoms with Gasteiger partial charge in [0, 0.05) is 29.3 Å². The third kappa shape index (κ3) is 5.10. The topological polar surface area (TPSA) is 86.9 Å². The molecule has 1 heterocycles. The van der Waals surface area contributed by atoms with Crippen molar-refractivity contribution in [3.8, 4) is 0 Å². The van der Waals surface area contributed by atoms with Gasteiger partial charge in [-0.05, 0) is 47.4 Å². The number of aromatic amines is 1. The largest absolute Gasteiger partial charge is 0.416 e. The Kier molecular flexibility index (Phi) is 6.22. The molecule has 0 aliphatic heterocycles. The van der Waals surface area contributed by atoms with Crippen molar-refractivity contribution >= 4 is 28.4 Å². The number of anilines is 1. The van der Waals surface area contributed by atoms with Crippen molar-refractivity contribution in [3.63, 3.8) is 0 Å². The summed E-state index contributed by atoms with van der Waals surface area (Å²) in [5.41, 5.74) is 0.889. The molecular weight excluding hydrogens is 469 g/mol. The molecule has 184 valence electrons. The fourth-order valence-corrected chi connectivity index (χ4v) is 4.51. The van der Waals surface area contributed by atoms with Crippen LogP contribution in [0.3, 0.4) is 0 Å². The second-order valence-corrected chi connectivity index (χ2v) is 8.99. The molecule has 0 unspecified atom stereocenters. The molecule has 36 heavy (non-hydrogen) atoms. The van der Waals surface area contributed by atoms with Crippen LogP contribution in [0.5, 0.6) is 0 Å². The van der Waals surface area contributed by atoms with Crippen LogP contribution in [0.2, 0.25) is 0 Å². The van der Waals surface area contributed by atoms with Gasteiger partial charge in [-0.1, -0.05) is 48.5 Å². The number of carbonyl (C=O) groups is 2. The molecule has 5 rings (SSSR count). The summed E-state index contributed by atoms with van der Waals surface area (Å²) in [7, 11) is 0. The molecule has 1 aromatic heterocycles. The molecule has 9 heteroatoms. The number of nitrogens with one attached hydrogen (secondary N) is 3. The number of hydrogen-bond acceptors (Lipinski definition) is 3. The van der Waals surface area contributed by atoms with Crippen LogP contribution < -0.4 is 10.6 Å². The molecule has 1 aliphatic rings. The normalized spacial score (nSPS) is 17.4. The van der Waals surface area contributed by atoms with Gasteiger partial charge in [-0.3, -0.25) is 14.7 Å². The fraction of sp³-hybridized carbons (Fsp3) is 0.222. The molecular formula is C27H23F3N4O2. The third-order valence-electron chi connectivity index (χ3n) is 6.46. The van der Waals surface area contributed by atoms with Crippen molar-refractivity contribution in [1.29, 1.82) is 0 Å². The van der Waals surface area contributed by atoms with E-state index in [1.54, 1.807) is 6.07 Å². The van der Waals surface area contributed by atoms with Crippen LogP contribution in [-0.2, 0) is 17.4 Å². The van der Waals surface area contributed by atoms with E-state index in [1.165, 1.54) is 12.1 Å². The van der Waals surface area contributed by atoms with Crippen LogP contribution in [0.1, 0.15) is 45.9 Å². The lowest BCUT2D eigenvalue weighted by atomic mass is 9.78. The molecule has 1 saturated carbocycles. The van der Waals surface area contributed by atoms with Crippen LogP contribution in [-0.4, -0.2) is 28.1 Å². The second-order valence-electron chi connectivity index (χ2n) is 8.99. The Labute approximate surface area is 204 Å². The smallest absolute Gasteiger partial charge is 0.349 e. The molecule has 3 N–H and O–H groups in total. The summed E-state index contributed by atoms with van der Waals surface area (Å²) < 4.78 is 38.7. The quantitative estimate of drug-likeness (QED) is 0.335. The van der Waals surface area contributed by atoms with Gasteiger partial charge in [0.1, 0.15) is 0 Å². The molecule has 2 amide bonds. The number of alkyl halides is 3. The molecule has 0 spiro atoms. The van der Waals surface area contributed by atoms with E-state index in [0.717, 1.165) is 34.2 Å². The molecule has 0 atom stereocenters. The predicted octanol–water partition coefficient (Wildman–Crippen LogP) is 5.44. The zero-order valence-corrected chi connectivity index (χ0v) is 19.1. The molecule has 1 fully saturated rings. The van der Waals surface area contributed by atoms with Gasteiger partial charge in [0.05, 0.1) is 12.0 Å². The predicted molar refractivity (Wildman–Crippen MR) is 130 cm³/mol. The van der Waals surface area contributed by atoms with Crippen molar-refractivity contribution in [3.05, 3.63) is 95.2 Å². The molecule has 3 aromatic carbocycles. The van der Waals surface area contributed by atoms with E-state index in [1.807, 2.05) is 42.5 Å². The third-order valence-corrected chi connectivity index (χ3v) is 6.46. The van der Waals surface area contributed by atoms with Crippen LogP contribution in [0, 0.1) is 0 Å². The van der Waals surface area contributed by atoms with Gasteiger partial charge in [0.2, 0.25) is 5.91 Å². The first-order chi connectivity index (χ1) is 17.3. The summed E-state index contributed by atoms with van der Waals surface area (Å²) in [6.45, 7) is 0. The van der Waals surface area contributed by atoms with Gasteiger partial charge in [0.15, 0.2) is 5.82 Å². The number of hydrogen-bond donors (Lipinski definition) is 3. The number of fused-ring (bicyclic) bond motifs is 1. The monoisotopic (exact) mass is 492 g/mol. The van der Waals surface area contributed by atoms with E-state index in [-0.39, 0.29) is 29.9 Å². The Bertz CT molecular complexity index is 1420. The second kappa shape index (κ2) is 9.49. The number of carbonyl (C=O) groups excluding carboxylic acids is 2. The Morgan fingerprint density at radius 1 is 0.972 bits per heavy atom. The first-order valence-corrected chi connectivity index (χ1v) is 11.6. The lowest BCUT2D eigenvalue weighted by Crippen LogP contribution is -2.43. The van der Waals surface area contributed by atoms with Crippen molar-refractivity contribution in [2.75, 3.05) is 5.32 Å². The van der Waals surface area contributed by atoms with Crippen molar-refractivity contribution in [2.24, 2.45) is 0 Å². The Morgan fingerprint density at radius 3 is 2.53 bits per heavy atom. The average molecular weight is 493 g/mol. The van der Waals surface area contributed by atoms with Gasteiger partial charge in [-0.2, -0.15) is 18.3 Å². The molecule has 1 aliphatic carbocycles. The maximum Gasteiger partial charge on any atom is 0.416 e. The van der Waals surface area contributed by atoms with E-state index in [0.29, 0.717) is 18.7 Å².